The van der Waals surface area contributed by atoms with Gasteiger partial charge in [-0.25, -0.2) is 4.79 Å². The van der Waals surface area contributed by atoms with Crippen molar-refractivity contribution in [2.24, 2.45) is 0 Å². The second kappa shape index (κ2) is 4.74. The minimum atomic E-state index is -0.959. The highest BCUT2D eigenvalue weighted by Crippen LogP contribution is 2.27. The number of carboxylic acids is 1. The lowest BCUT2D eigenvalue weighted by molar-refractivity contribution is 0.0698. The van der Waals surface area contributed by atoms with E-state index in [0.29, 0.717) is 11.7 Å². The molecule has 2 fully saturated rings. The van der Waals surface area contributed by atoms with Gasteiger partial charge in [-0.15, -0.1) is 0 Å². The van der Waals surface area contributed by atoms with Crippen molar-refractivity contribution in [2.75, 3.05) is 36.8 Å². The molecule has 0 spiro atoms. The second-order valence-electron chi connectivity index (χ2n) is 5.35. The van der Waals surface area contributed by atoms with Crippen molar-refractivity contribution in [1.82, 2.24) is 4.90 Å². The van der Waals surface area contributed by atoms with Crippen LogP contribution in [0.5, 0.6) is 0 Å². The van der Waals surface area contributed by atoms with Crippen molar-refractivity contribution in [3.8, 4) is 0 Å². The van der Waals surface area contributed by atoms with E-state index in [9.17, 15) is 4.79 Å². The average molecular weight is 261 g/mol. The molecule has 0 amide bonds. The Morgan fingerprint density at radius 3 is 2.95 bits per heavy atom. The van der Waals surface area contributed by atoms with Gasteiger partial charge in [0, 0.05) is 37.1 Å². The minimum Gasteiger partial charge on any atom is -0.478 e. The van der Waals surface area contributed by atoms with Crippen LogP contribution in [0.1, 0.15) is 23.2 Å². The lowest BCUT2D eigenvalue weighted by Crippen LogP contribution is -2.50. The van der Waals surface area contributed by atoms with Crippen molar-refractivity contribution < 1.29 is 9.90 Å². The van der Waals surface area contributed by atoms with Gasteiger partial charge in [-0.2, -0.15) is 0 Å². The van der Waals surface area contributed by atoms with Crippen LogP contribution in [0, 0.1) is 0 Å². The smallest absolute Gasteiger partial charge is 0.337 e. The molecule has 102 valence electrons. The summed E-state index contributed by atoms with van der Waals surface area (Å²) in [4.78, 5) is 15.9. The van der Waals surface area contributed by atoms with E-state index in [-0.39, 0.29) is 5.56 Å². The summed E-state index contributed by atoms with van der Waals surface area (Å²) in [5, 5.41) is 9.13. The fraction of sp³-hybridized carbons (Fsp3) is 0.500. The highest BCUT2D eigenvalue weighted by atomic mass is 16.4. The standard InChI is InChI=1S/C14H19N3O2/c15-13-4-3-10(8-12(13)14(18)19)17-7-6-16-5-1-2-11(16)9-17/h3-4,8,11H,1-2,5-7,9,15H2,(H,18,19). The lowest BCUT2D eigenvalue weighted by Gasteiger charge is -2.39. The number of rotatable bonds is 2. The molecule has 1 atom stereocenters. The maximum absolute atomic E-state index is 11.1. The summed E-state index contributed by atoms with van der Waals surface area (Å²) in [7, 11) is 0. The Morgan fingerprint density at radius 2 is 2.16 bits per heavy atom. The number of benzene rings is 1. The number of hydrogen-bond donors (Lipinski definition) is 2. The molecule has 1 aromatic carbocycles. The number of anilines is 2. The molecule has 19 heavy (non-hydrogen) atoms. The van der Waals surface area contributed by atoms with Gasteiger partial charge in [0.2, 0.25) is 0 Å². The topological polar surface area (TPSA) is 69.8 Å². The number of fused-ring (bicyclic) bond motifs is 1. The van der Waals surface area contributed by atoms with Crippen molar-refractivity contribution in [3.05, 3.63) is 23.8 Å². The van der Waals surface area contributed by atoms with E-state index in [2.05, 4.69) is 9.80 Å². The first kappa shape index (κ1) is 12.3. The van der Waals surface area contributed by atoms with Gasteiger partial charge < -0.3 is 15.7 Å². The quantitative estimate of drug-likeness (QED) is 0.784. The SMILES string of the molecule is Nc1ccc(N2CCN3CCCC3C2)cc1C(=O)O. The van der Waals surface area contributed by atoms with E-state index < -0.39 is 5.97 Å². The Morgan fingerprint density at radius 1 is 1.32 bits per heavy atom. The van der Waals surface area contributed by atoms with Crippen LogP contribution in [0.15, 0.2) is 18.2 Å². The maximum atomic E-state index is 11.1. The third-order valence-corrected chi connectivity index (χ3v) is 4.22. The Bertz CT molecular complexity index is 503. The molecule has 0 aromatic heterocycles. The lowest BCUT2D eigenvalue weighted by atomic mass is 10.1. The molecule has 0 aliphatic carbocycles. The molecule has 5 nitrogen and oxygen atoms in total. The summed E-state index contributed by atoms with van der Waals surface area (Å²) in [6.07, 6.45) is 2.53. The van der Waals surface area contributed by atoms with E-state index in [1.165, 1.54) is 19.4 Å². The first-order valence-corrected chi connectivity index (χ1v) is 6.77. The normalized spacial score (nSPS) is 23.4. The first-order valence-electron chi connectivity index (χ1n) is 6.77. The van der Waals surface area contributed by atoms with Crippen LogP contribution in [0.3, 0.4) is 0 Å². The van der Waals surface area contributed by atoms with Gasteiger partial charge in [-0.3, -0.25) is 4.90 Å². The fourth-order valence-corrected chi connectivity index (χ4v) is 3.15. The van der Waals surface area contributed by atoms with Crippen molar-refractivity contribution in [3.63, 3.8) is 0 Å². The van der Waals surface area contributed by atoms with Crippen LogP contribution in [-0.4, -0.2) is 48.2 Å². The molecule has 5 heteroatoms. The van der Waals surface area contributed by atoms with Crippen LogP contribution in [0.4, 0.5) is 11.4 Å². The summed E-state index contributed by atoms with van der Waals surface area (Å²) in [6.45, 7) is 4.22. The highest BCUT2D eigenvalue weighted by molar-refractivity contribution is 5.94. The molecule has 2 saturated heterocycles. The zero-order valence-corrected chi connectivity index (χ0v) is 10.9. The van der Waals surface area contributed by atoms with Gasteiger partial charge in [0.05, 0.1) is 5.56 Å². The summed E-state index contributed by atoms with van der Waals surface area (Å²) < 4.78 is 0. The number of nitrogens with zero attached hydrogens (tertiary/aromatic N) is 2. The molecule has 2 aliphatic heterocycles. The Labute approximate surface area is 112 Å². The molecule has 1 unspecified atom stereocenters. The van der Waals surface area contributed by atoms with Crippen LogP contribution < -0.4 is 10.6 Å². The number of aromatic carboxylic acids is 1. The summed E-state index contributed by atoms with van der Waals surface area (Å²) in [5.74, 6) is -0.959. The molecule has 2 aliphatic rings. The predicted octanol–water partition coefficient (Wildman–Crippen LogP) is 1.25. The average Bonchev–Trinajstić information content (AvgIpc) is 2.86. The molecule has 1 aromatic rings. The van der Waals surface area contributed by atoms with E-state index in [0.717, 1.165) is 25.3 Å². The summed E-state index contributed by atoms with van der Waals surface area (Å²) >= 11 is 0. The van der Waals surface area contributed by atoms with Crippen molar-refractivity contribution in [2.45, 2.75) is 18.9 Å². The molecule has 2 heterocycles. The van der Waals surface area contributed by atoms with Gasteiger partial charge in [-0.1, -0.05) is 0 Å². The third-order valence-electron chi connectivity index (χ3n) is 4.22. The number of nitrogens with two attached hydrogens (primary N) is 1. The minimum absolute atomic E-state index is 0.200. The third kappa shape index (κ3) is 2.26. The highest BCUT2D eigenvalue weighted by Gasteiger charge is 2.30. The summed E-state index contributed by atoms with van der Waals surface area (Å²) in [5.41, 5.74) is 7.20. The van der Waals surface area contributed by atoms with E-state index in [1.807, 2.05) is 6.07 Å². The van der Waals surface area contributed by atoms with E-state index in [4.69, 9.17) is 10.8 Å². The van der Waals surface area contributed by atoms with Crippen LogP contribution in [0.25, 0.3) is 0 Å². The molecule has 3 rings (SSSR count). The fourth-order valence-electron chi connectivity index (χ4n) is 3.15. The monoisotopic (exact) mass is 261 g/mol. The number of nitrogen functional groups attached to an aromatic ring is 1. The summed E-state index contributed by atoms with van der Waals surface area (Å²) in [6, 6.07) is 5.94. The predicted molar refractivity (Wildman–Crippen MR) is 74.6 cm³/mol. The number of piperazine rings is 1. The van der Waals surface area contributed by atoms with Gasteiger partial charge in [0.15, 0.2) is 0 Å². The van der Waals surface area contributed by atoms with Crippen molar-refractivity contribution >= 4 is 17.3 Å². The molecule has 0 bridgehead atoms. The maximum Gasteiger partial charge on any atom is 0.337 e. The Hall–Kier alpha value is -1.75. The van der Waals surface area contributed by atoms with Crippen LogP contribution in [0.2, 0.25) is 0 Å². The number of hydrogen-bond acceptors (Lipinski definition) is 4. The second-order valence-corrected chi connectivity index (χ2v) is 5.35. The van der Waals surface area contributed by atoms with Gasteiger partial charge in [0.25, 0.3) is 0 Å². The van der Waals surface area contributed by atoms with Gasteiger partial charge in [-0.05, 0) is 37.6 Å². The van der Waals surface area contributed by atoms with Crippen LogP contribution >= 0.6 is 0 Å². The molecule has 0 radical (unpaired) electrons. The Kier molecular flexibility index (Phi) is 3.06. The zero-order chi connectivity index (χ0) is 13.4. The van der Waals surface area contributed by atoms with E-state index >= 15 is 0 Å². The number of carboxylic acid groups (broad SMARTS) is 1. The first-order chi connectivity index (χ1) is 9.15. The van der Waals surface area contributed by atoms with Gasteiger partial charge in [0.1, 0.15) is 0 Å². The number of carbonyl (C=O) groups is 1. The van der Waals surface area contributed by atoms with Crippen LogP contribution in [-0.2, 0) is 0 Å². The largest absolute Gasteiger partial charge is 0.478 e. The van der Waals surface area contributed by atoms with Crippen molar-refractivity contribution in [1.29, 1.82) is 0 Å². The van der Waals surface area contributed by atoms with E-state index in [1.54, 1.807) is 12.1 Å². The zero-order valence-electron chi connectivity index (χ0n) is 10.9. The molecule has 0 saturated carbocycles. The van der Waals surface area contributed by atoms with Gasteiger partial charge >= 0.3 is 5.97 Å². The molecular weight excluding hydrogens is 242 g/mol. The molecule has 3 N–H and O–H groups in total. The Balaban J connectivity index is 1.82. The molecular formula is C14H19N3O2.